The van der Waals surface area contributed by atoms with Crippen LogP contribution in [0.25, 0.3) is 0 Å². The minimum Gasteiger partial charge on any atom is -0.389 e. The summed E-state index contributed by atoms with van der Waals surface area (Å²) in [5, 5.41) is 20.2. The summed E-state index contributed by atoms with van der Waals surface area (Å²) in [6.07, 6.45) is 0.589. The highest BCUT2D eigenvalue weighted by Gasteiger charge is 2.50. The van der Waals surface area contributed by atoms with Gasteiger partial charge in [-0.05, 0) is 12.8 Å². The van der Waals surface area contributed by atoms with Gasteiger partial charge in [0.15, 0.2) is 0 Å². The molecule has 10 heavy (non-hydrogen) atoms. The number of aliphatic hydroxyl groups excluding tert-OH is 2. The van der Waals surface area contributed by atoms with Gasteiger partial charge >= 0.3 is 0 Å². The number of nitrogens with zero attached hydrogens (tertiary/aromatic N) is 1. The molecule has 0 saturated carbocycles. The summed E-state index contributed by atoms with van der Waals surface area (Å²) < 4.78 is 0. The van der Waals surface area contributed by atoms with Gasteiger partial charge in [0, 0.05) is 0 Å². The maximum atomic E-state index is 9.29. The van der Waals surface area contributed by atoms with Crippen molar-refractivity contribution >= 4 is 0 Å². The van der Waals surface area contributed by atoms with E-state index in [2.05, 4.69) is 0 Å². The molecule has 58 valence electrons. The van der Waals surface area contributed by atoms with Crippen LogP contribution >= 0.6 is 0 Å². The second-order valence-electron chi connectivity index (χ2n) is 3.14. The van der Waals surface area contributed by atoms with E-state index >= 15 is 0 Å². The van der Waals surface area contributed by atoms with Crippen molar-refractivity contribution in [3.05, 3.63) is 0 Å². The van der Waals surface area contributed by atoms with E-state index in [-0.39, 0.29) is 12.1 Å². The van der Waals surface area contributed by atoms with Crippen molar-refractivity contribution < 1.29 is 10.2 Å². The number of hydrogen-bond donors (Lipinski definition) is 3. The van der Waals surface area contributed by atoms with E-state index < -0.39 is 12.2 Å². The number of aliphatic hydroxyl groups is 2. The third-order valence-corrected chi connectivity index (χ3v) is 2.66. The highest BCUT2D eigenvalue weighted by molar-refractivity contribution is 5.04. The van der Waals surface area contributed by atoms with Crippen LogP contribution in [-0.4, -0.2) is 39.5 Å². The summed E-state index contributed by atoms with van der Waals surface area (Å²) in [6.45, 7) is 0. The van der Waals surface area contributed by atoms with Crippen LogP contribution in [0.2, 0.25) is 0 Å². The SMILES string of the molecule is NN1C2CC[C@@H]1C(O)[C@@H]2O. The van der Waals surface area contributed by atoms with Gasteiger partial charge in [-0.3, -0.25) is 5.84 Å². The van der Waals surface area contributed by atoms with Crippen LogP contribution in [0.15, 0.2) is 0 Å². The molecule has 0 radical (unpaired) electrons. The smallest absolute Gasteiger partial charge is 0.0983 e. The maximum absolute atomic E-state index is 9.29. The Bertz CT molecular complexity index is 129. The number of hydrogen-bond acceptors (Lipinski definition) is 4. The molecule has 2 aliphatic heterocycles. The largest absolute Gasteiger partial charge is 0.389 e. The lowest BCUT2D eigenvalue weighted by molar-refractivity contribution is 0.0123. The molecule has 2 fully saturated rings. The maximum Gasteiger partial charge on any atom is 0.0983 e. The minimum absolute atomic E-state index is 0.000000000000000222. The fourth-order valence-electron chi connectivity index (χ4n) is 2.04. The third kappa shape index (κ3) is 0.594. The van der Waals surface area contributed by atoms with Gasteiger partial charge in [-0.2, -0.15) is 0 Å². The fraction of sp³-hybridized carbons (Fsp3) is 1.00. The van der Waals surface area contributed by atoms with E-state index in [0.717, 1.165) is 12.8 Å². The number of hydrazine groups is 1. The Morgan fingerprint density at radius 3 is 1.70 bits per heavy atom. The summed E-state index contributed by atoms with van der Waals surface area (Å²) in [5.41, 5.74) is 0. The van der Waals surface area contributed by atoms with Crippen molar-refractivity contribution in [2.75, 3.05) is 0 Å². The van der Waals surface area contributed by atoms with E-state index in [4.69, 9.17) is 5.84 Å². The molecule has 0 spiro atoms. The molecule has 2 rings (SSSR count). The van der Waals surface area contributed by atoms with Crippen LogP contribution in [0.5, 0.6) is 0 Å². The molecular weight excluding hydrogens is 132 g/mol. The predicted octanol–water partition coefficient (Wildman–Crippen LogP) is -1.57. The monoisotopic (exact) mass is 144 g/mol. The molecular formula is C6H12N2O2. The van der Waals surface area contributed by atoms with Crippen LogP contribution in [-0.2, 0) is 0 Å². The van der Waals surface area contributed by atoms with Crippen LogP contribution < -0.4 is 5.84 Å². The molecule has 2 unspecified atom stereocenters. The summed E-state index contributed by atoms with van der Waals surface area (Å²) in [6, 6.07) is -0.000000000000000666. The molecule has 0 aromatic rings. The summed E-state index contributed by atoms with van der Waals surface area (Å²) in [5.74, 6) is 5.58. The molecule has 0 aliphatic carbocycles. The van der Waals surface area contributed by atoms with Crippen LogP contribution in [0, 0.1) is 0 Å². The molecule has 4 atom stereocenters. The van der Waals surface area contributed by atoms with Gasteiger partial charge in [0.05, 0.1) is 24.3 Å². The van der Waals surface area contributed by atoms with Gasteiger partial charge in [0.25, 0.3) is 0 Å². The van der Waals surface area contributed by atoms with Crippen molar-refractivity contribution in [3.8, 4) is 0 Å². The Balaban J connectivity index is 2.21. The molecule has 0 aromatic heterocycles. The van der Waals surface area contributed by atoms with Crippen molar-refractivity contribution in [2.45, 2.75) is 37.1 Å². The topological polar surface area (TPSA) is 69.7 Å². The lowest BCUT2D eigenvalue weighted by atomic mass is 9.95. The number of rotatable bonds is 0. The lowest BCUT2D eigenvalue weighted by Gasteiger charge is -2.19. The zero-order chi connectivity index (χ0) is 7.30. The van der Waals surface area contributed by atoms with Crippen molar-refractivity contribution in [2.24, 2.45) is 5.84 Å². The van der Waals surface area contributed by atoms with E-state index in [1.54, 1.807) is 5.01 Å². The van der Waals surface area contributed by atoms with Gasteiger partial charge in [0.1, 0.15) is 0 Å². The second-order valence-corrected chi connectivity index (χ2v) is 3.14. The van der Waals surface area contributed by atoms with Crippen LogP contribution in [0.1, 0.15) is 12.8 Å². The Morgan fingerprint density at radius 2 is 1.50 bits per heavy atom. The predicted molar refractivity (Wildman–Crippen MR) is 34.8 cm³/mol. The van der Waals surface area contributed by atoms with Crippen molar-refractivity contribution in [1.29, 1.82) is 0 Å². The lowest BCUT2D eigenvalue weighted by Crippen LogP contribution is -2.37. The van der Waals surface area contributed by atoms with Crippen LogP contribution in [0.3, 0.4) is 0 Å². The van der Waals surface area contributed by atoms with E-state index in [1.807, 2.05) is 0 Å². The van der Waals surface area contributed by atoms with E-state index in [1.165, 1.54) is 0 Å². The molecule has 2 bridgehead atoms. The second kappa shape index (κ2) is 1.92. The Kier molecular flexibility index (Phi) is 1.25. The van der Waals surface area contributed by atoms with E-state index in [0.29, 0.717) is 0 Å². The quantitative estimate of drug-likeness (QED) is 0.359. The Hall–Kier alpha value is -0.160. The van der Waals surface area contributed by atoms with E-state index in [9.17, 15) is 10.2 Å². The summed E-state index contributed by atoms with van der Waals surface area (Å²) in [4.78, 5) is 0. The zero-order valence-corrected chi connectivity index (χ0v) is 5.64. The molecule has 4 nitrogen and oxygen atoms in total. The van der Waals surface area contributed by atoms with Crippen molar-refractivity contribution in [1.82, 2.24) is 5.01 Å². The van der Waals surface area contributed by atoms with Crippen LogP contribution in [0.4, 0.5) is 0 Å². The zero-order valence-electron chi connectivity index (χ0n) is 5.64. The molecule has 4 N–H and O–H groups in total. The molecule has 2 heterocycles. The highest BCUT2D eigenvalue weighted by atomic mass is 16.3. The first kappa shape index (κ1) is 6.54. The average Bonchev–Trinajstić information content (AvgIpc) is 2.34. The molecule has 0 amide bonds. The molecule has 4 heteroatoms. The van der Waals surface area contributed by atoms with Gasteiger partial charge in [-0.1, -0.05) is 0 Å². The van der Waals surface area contributed by atoms with Gasteiger partial charge in [-0.25, -0.2) is 5.01 Å². The highest BCUT2D eigenvalue weighted by Crippen LogP contribution is 2.34. The first-order valence-electron chi connectivity index (χ1n) is 3.61. The van der Waals surface area contributed by atoms with Gasteiger partial charge in [0.2, 0.25) is 0 Å². The average molecular weight is 144 g/mol. The Morgan fingerprint density at radius 1 is 1.10 bits per heavy atom. The number of nitrogens with two attached hydrogens (primary N) is 1. The first-order chi connectivity index (χ1) is 4.72. The summed E-state index contributed by atoms with van der Waals surface area (Å²) in [7, 11) is 0. The van der Waals surface area contributed by atoms with Gasteiger partial charge in [-0.15, -0.1) is 0 Å². The van der Waals surface area contributed by atoms with Crippen molar-refractivity contribution in [3.63, 3.8) is 0 Å². The molecule has 2 aliphatic rings. The fourth-order valence-corrected chi connectivity index (χ4v) is 2.04. The molecule has 2 saturated heterocycles. The van der Waals surface area contributed by atoms with Gasteiger partial charge < -0.3 is 10.2 Å². The number of fused-ring (bicyclic) bond motifs is 2. The Labute approximate surface area is 59.2 Å². The molecule has 0 aromatic carbocycles. The first-order valence-corrected chi connectivity index (χ1v) is 3.61. The summed E-state index contributed by atoms with van der Waals surface area (Å²) >= 11 is 0. The normalized spacial score (nSPS) is 54.3. The standard InChI is InChI=1S/C6H12N2O2/c7-8-3-1-2-4(8)6(10)5(3)9/h3-6,9-10H,1-2,7H2/t3-,4?,5?,6-/m1/s1. The third-order valence-electron chi connectivity index (χ3n) is 2.66. The minimum atomic E-state index is -0.622.